The minimum atomic E-state index is 0.867. The molecule has 0 saturated heterocycles. The highest BCUT2D eigenvalue weighted by atomic mass is 16.3. The second kappa shape index (κ2) is 15.5. The molecule has 13 rings (SSSR count). The van der Waals surface area contributed by atoms with Gasteiger partial charge in [-0.2, -0.15) is 0 Å². The van der Waals surface area contributed by atoms with E-state index in [9.17, 15) is 0 Å². The van der Waals surface area contributed by atoms with Crippen LogP contribution in [-0.2, 0) is 0 Å². The third-order valence-electron chi connectivity index (χ3n) is 13.4. The molecule has 0 aliphatic heterocycles. The molecule has 2 nitrogen and oxygen atoms in total. The molecule has 0 unspecified atom stereocenters. The number of fused-ring (bicyclic) bond motifs is 8. The van der Waals surface area contributed by atoms with Crippen LogP contribution >= 0.6 is 0 Å². The third-order valence-corrected chi connectivity index (χ3v) is 13.4. The van der Waals surface area contributed by atoms with Crippen molar-refractivity contribution in [3.05, 3.63) is 249 Å². The summed E-state index contributed by atoms with van der Waals surface area (Å²) in [6.45, 7) is 0. The molecule has 0 fully saturated rings. The fourth-order valence-electron chi connectivity index (χ4n) is 10.1. The van der Waals surface area contributed by atoms with Gasteiger partial charge in [0.25, 0.3) is 0 Å². The van der Waals surface area contributed by atoms with Crippen molar-refractivity contribution in [2.45, 2.75) is 0 Å². The maximum Gasteiger partial charge on any atom is 0.135 e. The number of furan rings is 1. The number of nitrogens with zero attached hydrogens (tertiary/aromatic N) is 1. The van der Waals surface area contributed by atoms with E-state index in [1.54, 1.807) is 0 Å². The predicted octanol–water partition coefficient (Wildman–Crippen LogP) is 18.3. The van der Waals surface area contributed by atoms with Gasteiger partial charge in [-0.05, 0) is 143 Å². The Labute approximate surface area is 382 Å². The van der Waals surface area contributed by atoms with Gasteiger partial charge in [0.2, 0.25) is 0 Å². The van der Waals surface area contributed by atoms with E-state index in [0.29, 0.717) is 0 Å². The first-order valence-electron chi connectivity index (χ1n) is 22.6. The molecule has 12 aromatic carbocycles. The molecule has 13 aromatic rings. The van der Waals surface area contributed by atoms with Crippen LogP contribution in [0.15, 0.2) is 253 Å². The fourth-order valence-corrected chi connectivity index (χ4v) is 10.1. The van der Waals surface area contributed by atoms with Crippen LogP contribution in [0.4, 0.5) is 17.1 Å². The van der Waals surface area contributed by atoms with Crippen LogP contribution in [0.3, 0.4) is 0 Å². The standard InChI is InChI=1S/C64H41NO/c1-4-15-55-44(10-1)20-22-49-38-46(28-34-57(49)55)42-24-30-53(31-25-42)65(54-32-26-43(27-33-54)47-29-35-58-50(39-47)23-21-45-11-2-5-16-56(45)58)62-37-36-59(60-17-6-7-18-61(60)62)48-13-9-14-51(40-48)64-41-52-12-3-8-19-63(52)66-64/h1-41H. The molecule has 0 bridgehead atoms. The molecular formula is C64H41NO. The number of para-hydroxylation sites is 1. The monoisotopic (exact) mass is 839 g/mol. The first-order chi connectivity index (χ1) is 32.7. The SMILES string of the molecule is c1cc(-c2cc3ccccc3o2)cc(-c2ccc(N(c3ccc(-c4ccc5c(ccc6ccccc65)c4)cc3)c3ccc(-c4ccc5c(ccc6ccccc65)c4)cc3)c3ccccc23)c1. The molecule has 1 heterocycles. The van der Waals surface area contributed by atoms with E-state index in [-0.39, 0.29) is 0 Å². The third kappa shape index (κ3) is 6.50. The summed E-state index contributed by atoms with van der Waals surface area (Å²) in [4.78, 5) is 2.41. The number of hydrogen-bond acceptors (Lipinski definition) is 2. The van der Waals surface area contributed by atoms with Crippen molar-refractivity contribution >= 4 is 81.9 Å². The van der Waals surface area contributed by atoms with Crippen LogP contribution in [0, 0.1) is 0 Å². The molecule has 0 saturated carbocycles. The summed E-state index contributed by atoms with van der Waals surface area (Å²) in [6.07, 6.45) is 0. The first kappa shape index (κ1) is 37.8. The van der Waals surface area contributed by atoms with Crippen LogP contribution in [-0.4, -0.2) is 0 Å². The van der Waals surface area contributed by atoms with Gasteiger partial charge >= 0.3 is 0 Å². The topological polar surface area (TPSA) is 16.4 Å². The minimum absolute atomic E-state index is 0.867. The molecule has 0 N–H and O–H groups in total. The second-order valence-electron chi connectivity index (χ2n) is 17.3. The maximum absolute atomic E-state index is 6.32. The molecule has 0 radical (unpaired) electrons. The molecular weight excluding hydrogens is 799 g/mol. The molecule has 0 aliphatic rings. The van der Waals surface area contributed by atoms with Gasteiger partial charge < -0.3 is 9.32 Å². The van der Waals surface area contributed by atoms with Crippen molar-refractivity contribution in [3.63, 3.8) is 0 Å². The Balaban J connectivity index is 0.913. The van der Waals surface area contributed by atoms with Crippen molar-refractivity contribution in [3.8, 4) is 44.7 Å². The van der Waals surface area contributed by atoms with E-state index in [1.165, 1.54) is 81.7 Å². The fraction of sp³-hybridized carbons (Fsp3) is 0. The van der Waals surface area contributed by atoms with Crippen molar-refractivity contribution in [1.82, 2.24) is 0 Å². The summed E-state index contributed by atoms with van der Waals surface area (Å²) < 4.78 is 6.32. The lowest BCUT2D eigenvalue weighted by atomic mass is 9.94. The van der Waals surface area contributed by atoms with Crippen molar-refractivity contribution in [1.29, 1.82) is 0 Å². The number of anilines is 3. The normalized spacial score (nSPS) is 11.6. The Hall–Kier alpha value is -8.72. The van der Waals surface area contributed by atoms with E-state index in [4.69, 9.17) is 4.42 Å². The average Bonchev–Trinajstić information content (AvgIpc) is 3.84. The highest BCUT2D eigenvalue weighted by Gasteiger charge is 2.19. The maximum atomic E-state index is 6.32. The van der Waals surface area contributed by atoms with E-state index >= 15 is 0 Å². The number of hydrogen-bond donors (Lipinski definition) is 0. The van der Waals surface area contributed by atoms with Gasteiger partial charge in [-0.25, -0.2) is 0 Å². The van der Waals surface area contributed by atoms with E-state index in [1.807, 2.05) is 12.1 Å². The van der Waals surface area contributed by atoms with Crippen LogP contribution < -0.4 is 4.90 Å². The van der Waals surface area contributed by atoms with Crippen LogP contribution in [0.25, 0.3) is 110 Å². The lowest BCUT2D eigenvalue weighted by molar-refractivity contribution is 0.631. The quantitative estimate of drug-likeness (QED) is 0.149. The summed E-state index contributed by atoms with van der Waals surface area (Å²) in [5, 5.41) is 13.6. The van der Waals surface area contributed by atoms with Gasteiger partial charge in [0, 0.05) is 27.7 Å². The molecule has 0 aliphatic carbocycles. The molecule has 0 spiro atoms. The Kier molecular flexibility index (Phi) is 8.89. The molecule has 0 atom stereocenters. The largest absolute Gasteiger partial charge is 0.456 e. The van der Waals surface area contributed by atoms with Crippen molar-refractivity contribution < 1.29 is 4.42 Å². The van der Waals surface area contributed by atoms with Gasteiger partial charge in [0.05, 0.1) is 5.69 Å². The van der Waals surface area contributed by atoms with Gasteiger partial charge in [-0.3, -0.25) is 0 Å². The van der Waals surface area contributed by atoms with Crippen molar-refractivity contribution in [2.24, 2.45) is 0 Å². The van der Waals surface area contributed by atoms with Crippen LogP contribution in [0.5, 0.6) is 0 Å². The predicted molar refractivity (Wildman–Crippen MR) is 280 cm³/mol. The first-order valence-corrected chi connectivity index (χ1v) is 22.6. The highest BCUT2D eigenvalue weighted by molar-refractivity contribution is 6.10. The average molecular weight is 840 g/mol. The van der Waals surface area contributed by atoms with Gasteiger partial charge in [-0.15, -0.1) is 0 Å². The Morgan fingerprint density at radius 2 is 0.742 bits per heavy atom. The van der Waals surface area contributed by atoms with E-state index < -0.39 is 0 Å². The van der Waals surface area contributed by atoms with E-state index in [0.717, 1.165) is 44.9 Å². The Morgan fingerprint density at radius 3 is 1.35 bits per heavy atom. The zero-order valence-electron chi connectivity index (χ0n) is 36.0. The summed E-state index contributed by atoms with van der Waals surface area (Å²) in [7, 11) is 0. The number of benzene rings is 12. The highest BCUT2D eigenvalue weighted by Crippen LogP contribution is 2.44. The van der Waals surface area contributed by atoms with Gasteiger partial charge in [0.1, 0.15) is 11.3 Å². The summed E-state index contributed by atoms with van der Waals surface area (Å²) in [5.41, 5.74) is 12.3. The van der Waals surface area contributed by atoms with Gasteiger partial charge in [-0.1, -0.05) is 188 Å². The van der Waals surface area contributed by atoms with Crippen LogP contribution in [0.2, 0.25) is 0 Å². The molecule has 308 valence electrons. The lowest BCUT2D eigenvalue weighted by Gasteiger charge is -2.28. The molecule has 66 heavy (non-hydrogen) atoms. The lowest BCUT2D eigenvalue weighted by Crippen LogP contribution is -2.10. The Bertz CT molecular complexity index is 3800. The van der Waals surface area contributed by atoms with Crippen LogP contribution in [0.1, 0.15) is 0 Å². The Morgan fingerprint density at radius 1 is 0.258 bits per heavy atom. The summed E-state index contributed by atoms with van der Waals surface area (Å²) in [6, 6.07) is 90.4. The van der Waals surface area contributed by atoms with E-state index in [2.05, 4.69) is 241 Å². The second-order valence-corrected chi connectivity index (χ2v) is 17.3. The molecule has 2 heteroatoms. The van der Waals surface area contributed by atoms with Gasteiger partial charge in [0.15, 0.2) is 0 Å². The molecule has 0 amide bonds. The minimum Gasteiger partial charge on any atom is -0.456 e. The summed E-state index contributed by atoms with van der Waals surface area (Å²) in [5.74, 6) is 0.867. The molecule has 1 aromatic heterocycles. The zero-order chi connectivity index (χ0) is 43.6. The zero-order valence-corrected chi connectivity index (χ0v) is 36.0. The smallest absolute Gasteiger partial charge is 0.135 e. The van der Waals surface area contributed by atoms with Crippen molar-refractivity contribution in [2.75, 3.05) is 4.90 Å². The summed E-state index contributed by atoms with van der Waals surface area (Å²) >= 11 is 0. The number of rotatable bonds is 7.